The van der Waals surface area contributed by atoms with E-state index in [0.717, 1.165) is 0 Å². The largest absolute Gasteiger partial charge is 0.461 e. The van der Waals surface area contributed by atoms with E-state index in [1.807, 2.05) is 32.9 Å². The van der Waals surface area contributed by atoms with Crippen LogP contribution in [0.5, 0.6) is 6.01 Å². The lowest BCUT2D eigenvalue weighted by atomic mass is 10.0. The maximum Gasteiger partial charge on any atom is 0.323 e. The molecule has 1 aromatic heterocycles. The molecule has 112 valence electrons. The molecule has 1 heterocycles. The molecule has 6 nitrogen and oxygen atoms in total. The van der Waals surface area contributed by atoms with E-state index in [2.05, 4.69) is 39.3 Å². The van der Waals surface area contributed by atoms with Gasteiger partial charge >= 0.3 is 6.01 Å². The lowest BCUT2D eigenvalue weighted by Crippen LogP contribution is -2.15. The number of rotatable bonds is 5. The second-order valence-corrected chi connectivity index (χ2v) is 5.19. The quantitative estimate of drug-likeness (QED) is 0.879. The Balaban J connectivity index is 2.19. The Kier molecular flexibility index (Phi) is 4.57. The zero-order valence-electron chi connectivity index (χ0n) is 12.8. The van der Waals surface area contributed by atoms with Gasteiger partial charge in [-0.05, 0) is 38.8 Å². The molecule has 0 aliphatic heterocycles. The van der Waals surface area contributed by atoms with Crippen LogP contribution in [0.2, 0.25) is 0 Å². The van der Waals surface area contributed by atoms with Gasteiger partial charge in [0.05, 0.1) is 12.1 Å². The van der Waals surface area contributed by atoms with Crippen LogP contribution in [-0.2, 0) is 0 Å². The van der Waals surface area contributed by atoms with Crippen molar-refractivity contribution in [1.82, 2.24) is 15.0 Å². The fourth-order valence-corrected chi connectivity index (χ4v) is 2.04. The summed E-state index contributed by atoms with van der Waals surface area (Å²) < 4.78 is 5.46. The van der Waals surface area contributed by atoms with Gasteiger partial charge in [-0.25, -0.2) is 0 Å². The maximum absolute atomic E-state index is 5.70. The Labute approximate surface area is 124 Å². The molecule has 0 bridgehead atoms. The molecular formula is C15H21N5O. The van der Waals surface area contributed by atoms with Crippen molar-refractivity contribution in [2.45, 2.75) is 39.8 Å². The highest BCUT2D eigenvalue weighted by atomic mass is 16.5. The lowest BCUT2D eigenvalue weighted by molar-refractivity contribution is 0.222. The van der Waals surface area contributed by atoms with Crippen LogP contribution in [0.1, 0.15) is 37.9 Å². The fourth-order valence-electron chi connectivity index (χ4n) is 2.04. The van der Waals surface area contributed by atoms with Gasteiger partial charge in [-0.15, -0.1) is 0 Å². The second kappa shape index (κ2) is 6.39. The Hall–Kier alpha value is -2.37. The average molecular weight is 287 g/mol. The zero-order valence-corrected chi connectivity index (χ0v) is 12.8. The highest BCUT2D eigenvalue weighted by Crippen LogP contribution is 2.21. The number of nitrogens with one attached hydrogen (secondary N) is 1. The van der Waals surface area contributed by atoms with E-state index < -0.39 is 0 Å². The molecule has 6 heteroatoms. The fraction of sp³-hybridized carbons (Fsp3) is 0.400. The summed E-state index contributed by atoms with van der Waals surface area (Å²) in [6.45, 7) is 7.93. The first kappa shape index (κ1) is 15.0. The summed E-state index contributed by atoms with van der Waals surface area (Å²) in [6.07, 6.45) is -0.0200. The molecule has 0 amide bonds. The summed E-state index contributed by atoms with van der Waals surface area (Å²) >= 11 is 0. The van der Waals surface area contributed by atoms with Crippen LogP contribution >= 0.6 is 0 Å². The number of hydrogen-bond acceptors (Lipinski definition) is 6. The van der Waals surface area contributed by atoms with Gasteiger partial charge in [-0.3, -0.25) is 0 Å². The van der Waals surface area contributed by atoms with Crippen LogP contribution in [0, 0.1) is 6.92 Å². The SMILES string of the molecule is Cc1ccccc1C(C)Nc1nc(N)nc(OC(C)C)n1. The van der Waals surface area contributed by atoms with Gasteiger partial charge in [0.15, 0.2) is 0 Å². The summed E-state index contributed by atoms with van der Waals surface area (Å²) in [7, 11) is 0. The smallest absolute Gasteiger partial charge is 0.323 e. The minimum absolute atomic E-state index is 0.0200. The van der Waals surface area contributed by atoms with E-state index >= 15 is 0 Å². The molecule has 3 N–H and O–H groups in total. The summed E-state index contributed by atoms with van der Waals surface area (Å²) in [5, 5.41) is 3.23. The summed E-state index contributed by atoms with van der Waals surface area (Å²) in [5.74, 6) is 0.550. The van der Waals surface area contributed by atoms with Gasteiger partial charge in [0, 0.05) is 0 Å². The van der Waals surface area contributed by atoms with E-state index in [9.17, 15) is 0 Å². The number of hydrogen-bond donors (Lipinski definition) is 2. The highest BCUT2D eigenvalue weighted by Gasteiger charge is 2.12. The number of nitrogen functional groups attached to an aromatic ring is 1. The van der Waals surface area contributed by atoms with E-state index in [0.29, 0.717) is 5.95 Å². The topological polar surface area (TPSA) is 86.0 Å². The number of aromatic nitrogens is 3. The number of aryl methyl sites for hydroxylation is 1. The van der Waals surface area contributed by atoms with Crippen molar-refractivity contribution >= 4 is 11.9 Å². The monoisotopic (exact) mass is 287 g/mol. The Bertz CT molecular complexity index is 615. The Morgan fingerprint density at radius 3 is 2.48 bits per heavy atom. The third-order valence-corrected chi connectivity index (χ3v) is 2.97. The molecule has 1 aromatic carbocycles. The van der Waals surface area contributed by atoms with E-state index in [1.165, 1.54) is 11.1 Å². The zero-order chi connectivity index (χ0) is 15.4. The van der Waals surface area contributed by atoms with Gasteiger partial charge in [0.2, 0.25) is 11.9 Å². The number of nitrogens with zero attached hydrogens (tertiary/aromatic N) is 3. The molecule has 0 saturated carbocycles. The van der Waals surface area contributed by atoms with Crippen molar-refractivity contribution in [1.29, 1.82) is 0 Å². The third-order valence-electron chi connectivity index (χ3n) is 2.97. The molecule has 1 atom stereocenters. The predicted octanol–water partition coefficient (Wildman–Crippen LogP) is 2.72. The van der Waals surface area contributed by atoms with Crippen molar-refractivity contribution in [2.75, 3.05) is 11.1 Å². The van der Waals surface area contributed by atoms with E-state index in [1.54, 1.807) is 0 Å². The van der Waals surface area contributed by atoms with Crippen LogP contribution in [0.4, 0.5) is 11.9 Å². The molecule has 2 aromatic rings. The molecule has 0 aliphatic carbocycles. The van der Waals surface area contributed by atoms with Crippen molar-refractivity contribution < 1.29 is 4.74 Å². The summed E-state index contributed by atoms with van der Waals surface area (Å²) in [6, 6.07) is 8.46. The van der Waals surface area contributed by atoms with Crippen molar-refractivity contribution in [3.63, 3.8) is 0 Å². The van der Waals surface area contributed by atoms with Crippen LogP contribution in [0.15, 0.2) is 24.3 Å². The average Bonchev–Trinajstić information content (AvgIpc) is 2.37. The molecule has 0 radical (unpaired) electrons. The number of benzene rings is 1. The van der Waals surface area contributed by atoms with Crippen LogP contribution in [0.3, 0.4) is 0 Å². The van der Waals surface area contributed by atoms with Crippen LogP contribution in [0.25, 0.3) is 0 Å². The summed E-state index contributed by atoms with van der Waals surface area (Å²) in [4.78, 5) is 12.3. The van der Waals surface area contributed by atoms with Crippen molar-refractivity contribution in [3.8, 4) is 6.01 Å². The van der Waals surface area contributed by atoms with Gasteiger partial charge in [-0.1, -0.05) is 24.3 Å². The molecule has 0 saturated heterocycles. The first-order valence-electron chi connectivity index (χ1n) is 6.96. The second-order valence-electron chi connectivity index (χ2n) is 5.19. The number of ether oxygens (including phenoxy) is 1. The number of nitrogens with two attached hydrogens (primary N) is 1. The Morgan fingerprint density at radius 1 is 1.10 bits per heavy atom. The standard InChI is InChI=1S/C15H21N5O/c1-9(2)21-15-19-13(16)18-14(20-15)17-11(4)12-8-6-5-7-10(12)3/h5-9,11H,1-4H3,(H3,16,17,18,19,20). The Morgan fingerprint density at radius 2 is 1.81 bits per heavy atom. The molecule has 2 rings (SSSR count). The number of anilines is 2. The minimum atomic E-state index is -0.0200. The highest BCUT2D eigenvalue weighted by molar-refractivity contribution is 5.38. The van der Waals surface area contributed by atoms with E-state index in [-0.39, 0.29) is 24.1 Å². The first-order chi connectivity index (χ1) is 9.95. The van der Waals surface area contributed by atoms with Crippen molar-refractivity contribution in [2.24, 2.45) is 0 Å². The molecule has 0 fully saturated rings. The van der Waals surface area contributed by atoms with Gasteiger partial charge in [-0.2, -0.15) is 15.0 Å². The summed E-state index contributed by atoms with van der Waals surface area (Å²) in [5.41, 5.74) is 8.09. The van der Waals surface area contributed by atoms with E-state index in [4.69, 9.17) is 10.5 Å². The molecule has 21 heavy (non-hydrogen) atoms. The lowest BCUT2D eigenvalue weighted by Gasteiger charge is -2.17. The molecule has 0 aliphatic rings. The molecule has 1 unspecified atom stereocenters. The normalized spacial score (nSPS) is 12.2. The third kappa shape index (κ3) is 4.05. The van der Waals surface area contributed by atoms with Crippen LogP contribution in [-0.4, -0.2) is 21.1 Å². The maximum atomic E-state index is 5.70. The molecule has 0 spiro atoms. The molecular weight excluding hydrogens is 266 g/mol. The van der Waals surface area contributed by atoms with Crippen molar-refractivity contribution in [3.05, 3.63) is 35.4 Å². The predicted molar refractivity (Wildman–Crippen MR) is 83.2 cm³/mol. The van der Waals surface area contributed by atoms with Gasteiger partial charge in [0.1, 0.15) is 0 Å². The van der Waals surface area contributed by atoms with Gasteiger partial charge < -0.3 is 15.8 Å². The van der Waals surface area contributed by atoms with Gasteiger partial charge in [0.25, 0.3) is 0 Å². The first-order valence-corrected chi connectivity index (χ1v) is 6.96. The van der Waals surface area contributed by atoms with Crippen LogP contribution < -0.4 is 15.8 Å². The minimum Gasteiger partial charge on any atom is -0.461 e.